The molecule has 3 nitrogen and oxygen atoms in total. The smallest absolute Gasteiger partial charge is 0.125 e. The molecule has 0 saturated carbocycles. The van der Waals surface area contributed by atoms with Crippen molar-refractivity contribution in [3.8, 4) is 0 Å². The fraction of sp³-hybridized carbons (Fsp3) is 0.222. The Kier molecular flexibility index (Phi) is 2.16. The summed E-state index contributed by atoms with van der Waals surface area (Å²) in [5, 5.41) is 11.6. The van der Waals surface area contributed by atoms with Crippen LogP contribution in [-0.4, -0.2) is 9.48 Å². The maximum atomic E-state index is 9.78. The van der Waals surface area contributed by atoms with Gasteiger partial charge in [-0.2, -0.15) is 4.37 Å². The van der Waals surface area contributed by atoms with Crippen LogP contribution in [0.4, 0.5) is 0 Å². The molecule has 2 heterocycles. The summed E-state index contributed by atoms with van der Waals surface area (Å²) in [6, 6.07) is 3.61. The maximum Gasteiger partial charge on any atom is 0.125 e. The van der Waals surface area contributed by atoms with Crippen LogP contribution < -0.4 is 0 Å². The normalized spacial score (nSPS) is 13.1. The van der Waals surface area contributed by atoms with Gasteiger partial charge in [0.15, 0.2) is 0 Å². The van der Waals surface area contributed by atoms with Crippen LogP contribution in [0.1, 0.15) is 23.1 Å². The number of hydrogen-bond donors (Lipinski definition) is 1. The molecule has 0 aliphatic carbocycles. The van der Waals surface area contributed by atoms with E-state index in [-0.39, 0.29) is 0 Å². The van der Waals surface area contributed by atoms with Crippen LogP contribution in [0.2, 0.25) is 0 Å². The van der Waals surface area contributed by atoms with Crippen LogP contribution in [0.25, 0.3) is 0 Å². The van der Waals surface area contributed by atoms with Crippen molar-refractivity contribution in [2.24, 2.45) is 0 Å². The molecule has 2 aromatic rings. The second kappa shape index (κ2) is 3.32. The minimum Gasteiger partial charge on any atom is -0.469 e. The SMILES string of the molecule is Cc1cc(C(O)c2ccsn2)co1. The molecule has 0 radical (unpaired) electrons. The topological polar surface area (TPSA) is 46.3 Å². The van der Waals surface area contributed by atoms with E-state index in [1.54, 1.807) is 12.3 Å². The van der Waals surface area contributed by atoms with Crippen molar-refractivity contribution in [1.82, 2.24) is 4.37 Å². The van der Waals surface area contributed by atoms with Gasteiger partial charge in [-0.1, -0.05) is 0 Å². The van der Waals surface area contributed by atoms with Gasteiger partial charge in [0.2, 0.25) is 0 Å². The van der Waals surface area contributed by atoms with Crippen molar-refractivity contribution >= 4 is 11.5 Å². The fourth-order valence-electron chi connectivity index (χ4n) is 1.14. The zero-order chi connectivity index (χ0) is 9.26. The lowest BCUT2D eigenvalue weighted by Crippen LogP contribution is -1.97. The van der Waals surface area contributed by atoms with E-state index in [0.717, 1.165) is 11.3 Å². The molecule has 0 aliphatic heterocycles. The molecule has 0 amide bonds. The molecule has 1 N–H and O–H groups in total. The number of aliphatic hydroxyl groups is 1. The van der Waals surface area contributed by atoms with E-state index in [9.17, 15) is 5.11 Å². The molecule has 0 bridgehead atoms. The Morgan fingerprint density at radius 3 is 3.00 bits per heavy atom. The van der Waals surface area contributed by atoms with Gasteiger partial charge in [0.25, 0.3) is 0 Å². The summed E-state index contributed by atoms with van der Waals surface area (Å²) in [4.78, 5) is 0. The third-order valence-corrected chi connectivity index (χ3v) is 2.38. The average Bonchev–Trinajstić information content (AvgIpc) is 2.72. The second-order valence-corrected chi connectivity index (χ2v) is 3.48. The maximum absolute atomic E-state index is 9.78. The summed E-state index contributed by atoms with van der Waals surface area (Å²) in [6.45, 7) is 1.84. The highest BCUT2D eigenvalue weighted by Crippen LogP contribution is 2.22. The highest BCUT2D eigenvalue weighted by molar-refractivity contribution is 7.03. The van der Waals surface area contributed by atoms with Crippen LogP contribution in [0.3, 0.4) is 0 Å². The monoisotopic (exact) mass is 195 g/mol. The summed E-state index contributed by atoms with van der Waals surface area (Å²) in [6.07, 6.45) is 0.892. The fourth-order valence-corrected chi connectivity index (χ4v) is 1.68. The van der Waals surface area contributed by atoms with Gasteiger partial charge in [-0.25, -0.2) is 0 Å². The predicted molar refractivity (Wildman–Crippen MR) is 49.6 cm³/mol. The molecule has 0 aromatic carbocycles. The third-order valence-electron chi connectivity index (χ3n) is 1.80. The number of rotatable bonds is 2. The minimum absolute atomic E-state index is 0.663. The van der Waals surface area contributed by atoms with E-state index in [1.807, 2.05) is 18.4 Å². The zero-order valence-corrected chi connectivity index (χ0v) is 7.91. The van der Waals surface area contributed by atoms with Crippen molar-refractivity contribution in [3.05, 3.63) is 40.8 Å². The molecule has 1 unspecified atom stereocenters. The Morgan fingerprint density at radius 1 is 1.62 bits per heavy atom. The van der Waals surface area contributed by atoms with Crippen molar-refractivity contribution in [2.45, 2.75) is 13.0 Å². The summed E-state index contributed by atoms with van der Waals surface area (Å²) >= 11 is 1.33. The number of aromatic nitrogens is 1. The van der Waals surface area contributed by atoms with Gasteiger partial charge in [0.05, 0.1) is 12.0 Å². The van der Waals surface area contributed by atoms with Crippen LogP contribution in [-0.2, 0) is 0 Å². The summed E-state index contributed by atoms with van der Waals surface area (Å²) < 4.78 is 9.15. The van der Waals surface area contributed by atoms with Crippen LogP contribution in [0.5, 0.6) is 0 Å². The highest BCUT2D eigenvalue weighted by atomic mass is 32.1. The van der Waals surface area contributed by atoms with Crippen LogP contribution >= 0.6 is 11.5 Å². The second-order valence-electron chi connectivity index (χ2n) is 2.82. The first-order valence-electron chi connectivity index (χ1n) is 3.91. The molecule has 2 rings (SSSR count). The van der Waals surface area contributed by atoms with Crippen molar-refractivity contribution < 1.29 is 9.52 Å². The Morgan fingerprint density at radius 2 is 2.46 bits per heavy atom. The van der Waals surface area contributed by atoms with Crippen molar-refractivity contribution in [2.75, 3.05) is 0 Å². The molecule has 13 heavy (non-hydrogen) atoms. The lowest BCUT2D eigenvalue weighted by Gasteiger charge is -2.02. The standard InChI is InChI=1S/C9H9NO2S/c1-6-4-7(5-12-6)9(11)8-2-3-13-10-8/h2-5,9,11H,1H3. The Labute approximate surface area is 79.8 Å². The quantitative estimate of drug-likeness (QED) is 0.798. The van der Waals surface area contributed by atoms with E-state index < -0.39 is 6.10 Å². The number of nitrogens with zero attached hydrogens (tertiary/aromatic N) is 1. The molecule has 0 saturated heterocycles. The van der Waals surface area contributed by atoms with Gasteiger partial charge < -0.3 is 9.52 Å². The molecule has 0 spiro atoms. The van der Waals surface area contributed by atoms with Crippen molar-refractivity contribution in [1.29, 1.82) is 0 Å². The van der Waals surface area contributed by atoms with Gasteiger partial charge in [-0.05, 0) is 30.6 Å². The lowest BCUT2D eigenvalue weighted by atomic mass is 10.1. The molecule has 4 heteroatoms. The summed E-state index contributed by atoms with van der Waals surface area (Å²) in [7, 11) is 0. The summed E-state index contributed by atoms with van der Waals surface area (Å²) in [5.41, 5.74) is 1.43. The van der Waals surface area contributed by atoms with E-state index >= 15 is 0 Å². The first-order chi connectivity index (χ1) is 6.27. The van der Waals surface area contributed by atoms with E-state index in [0.29, 0.717) is 5.69 Å². The Balaban J connectivity index is 2.28. The van der Waals surface area contributed by atoms with Crippen molar-refractivity contribution in [3.63, 3.8) is 0 Å². The first kappa shape index (κ1) is 8.47. The number of furan rings is 1. The lowest BCUT2D eigenvalue weighted by molar-refractivity contribution is 0.215. The zero-order valence-electron chi connectivity index (χ0n) is 7.10. The van der Waals surface area contributed by atoms with Crippen LogP contribution in [0, 0.1) is 6.92 Å². The Bertz CT molecular complexity index is 380. The van der Waals surface area contributed by atoms with E-state index in [2.05, 4.69) is 4.37 Å². The van der Waals surface area contributed by atoms with Crippen LogP contribution in [0.15, 0.2) is 28.2 Å². The number of hydrogen-bond acceptors (Lipinski definition) is 4. The molecular formula is C9H9NO2S. The predicted octanol–water partition coefficient (Wildman–Crippen LogP) is 2.13. The molecule has 68 valence electrons. The Hall–Kier alpha value is -1.13. The van der Waals surface area contributed by atoms with Gasteiger partial charge in [-0.3, -0.25) is 0 Å². The molecule has 0 fully saturated rings. The average molecular weight is 195 g/mol. The molecule has 2 aromatic heterocycles. The highest BCUT2D eigenvalue weighted by Gasteiger charge is 2.13. The minimum atomic E-state index is -0.663. The van der Waals surface area contributed by atoms with Gasteiger partial charge in [0, 0.05) is 10.9 Å². The number of aryl methyl sites for hydroxylation is 1. The van der Waals surface area contributed by atoms with Gasteiger partial charge >= 0.3 is 0 Å². The first-order valence-corrected chi connectivity index (χ1v) is 4.74. The van der Waals surface area contributed by atoms with E-state index in [4.69, 9.17) is 4.42 Å². The molecule has 1 atom stereocenters. The molecular weight excluding hydrogens is 186 g/mol. The largest absolute Gasteiger partial charge is 0.469 e. The summed E-state index contributed by atoms with van der Waals surface area (Å²) in [5.74, 6) is 0.796. The van der Waals surface area contributed by atoms with Gasteiger partial charge in [-0.15, -0.1) is 0 Å². The van der Waals surface area contributed by atoms with Gasteiger partial charge in [0.1, 0.15) is 11.9 Å². The van der Waals surface area contributed by atoms with E-state index in [1.165, 1.54) is 11.5 Å². The third kappa shape index (κ3) is 1.64. The molecule has 0 aliphatic rings. The number of aliphatic hydroxyl groups excluding tert-OH is 1.